The molecule has 1 saturated heterocycles. The van der Waals surface area contributed by atoms with Gasteiger partial charge in [-0.05, 0) is 139 Å². The number of aliphatic hydroxyl groups is 2. The number of halogens is 7. The Labute approximate surface area is 560 Å². The van der Waals surface area contributed by atoms with E-state index in [-0.39, 0.29) is 69.1 Å². The SMILES string of the molecule is C=CCC(O)(CCCl)c1ccc(F)cc1.C=CCC(O)(CCNN(C)c1ccccc1)c1ccc(F)cc1.C=CCC1(c2ccc(F)cc2)CCN(N(C)c2ccccc2)C(=O)O1.C=C[CH2-].CN(N)c1ccccc1.O=C(CCCl)c1ccc(F)cc1.[Br-].[Mg+2]. The van der Waals surface area contributed by atoms with Gasteiger partial charge >= 0.3 is 29.1 Å². The molecule has 11 nitrogen and oxygen atoms in total. The summed E-state index contributed by atoms with van der Waals surface area (Å²) in [4.78, 5) is 23.8. The van der Waals surface area contributed by atoms with Crippen LogP contribution >= 0.6 is 23.2 Å². The predicted molar refractivity (Wildman–Crippen MR) is 355 cm³/mol. The Kier molecular flexibility index (Phi) is 38.6. The zero-order valence-corrected chi connectivity index (χ0v) is 55.4. The van der Waals surface area contributed by atoms with Crippen molar-refractivity contribution in [2.75, 3.05) is 61.0 Å². The molecule has 89 heavy (non-hydrogen) atoms. The third kappa shape index (κ3) is 27.4. The fourth-order valence-electron chi connectivity index (χ4n) is 8.74. The monoisotopic (exact) mass is 1330 g/mol. The van der Waals surface area contributed by atoms with Crippen LogP contribution in [-0.2, 0) is 21.5 Å². The predicted octanol–water partition coefficient (Wildman–Crippen LogP) is 12.6. The Hall–Kier alpha value is -6.90. The molecule has 3 unspecified atom stereocenters. The van der Waals surface area contributed by atoms with E-state index in [4.69, 9.17) is 33.8 Å². The van der Waals surface area contributed by atoms with E-state index in [0.29, 0.717) is 86.5 Å². The quantitative estimate of drug-likeness (QED) is 0.00759. The number of alkyl halides is 2. The van der Waals surface area contributed by atoms with Crippen molar-refractivity contribution < 1.29 is 59.1 Å². The number of hydrogen-bond donors (Lipinski definition) is 4. The zero-order valence-electron chi connectivity index (χ0n) is 50.9. The molecule has 1 aliphatic rings. The number of nitrogens with one attached hydrogen (secondary N) is 1. The summed E-state index contributed by atoms with van der Waals surface area (Å²) in [5.41, 5.74) is 6.00. The number of hydrogen-bond acceptors (Lipinski definition) is 10. The Bertz CT molecular complexity index is 3120. The third-order valence-corrected chi connectivity index (χ3v) is 13.9. The number of Topliss-reactive ketones (excluding diaryl/α,β-unsaturated/α-hetero) is 1. The first-order valence-electron chi connectivity index (χ1n) is 27.9. The van der Waals surface area contributed by atoms with Crippen LogP contribution in [0.3, 0.4) is 0 Å². The molecule has 472 valence electrons. The number of amides is 1. The maximum Gasteiger partial charge on any atom is 2.00 e. The van der Waals surface area contributed by atoms with Crippen molar-refractivity contribution >= 4 is 75.2 Å². The maximum absolute atomic E-state index is 13.3. The first-order valence-corrected chi connectivity index (χ1v) is 29.0. The van der Waals surface area contributed by atoms with Gasteiger partial charge in [0.1, 0.15) is 28.9 Å². The average molecular weight is 1340 g/mol. The van der Waals surface area contributed by atoms with Gasteiger partial charge in [-0.2, -0.15) is 0 Å². The third-order valence-electron chi connectivity index (χ3n) is 13.5. The van der Waals surface area contributed by atoms with Crippen LogP contribution in [0.15, 0.2) is 239 Å². The summed E-state index contributed by atoms with van der Waals surface area (Å²) in [7, 11) is 5.57. The molecule has 0 radical (unpaired) electrons. The fourth-order valence-corrected chi connectivity index (χ4v) is 9.23. The molecule has 19 heteroatoms. The minimum atomic E-state index is -1.06. The molecule has 8 rings (SSSR count). The van der Waals surface area contributed by atoms with E-state index < -0.39 is 22.9 Å². The summed E-state index contributed by atoms with van der Waals surface area (Å²) in [6.45, 7) is 18.7. The van der Waals surface area contributed by atoms with Crippen LogP contribution in [0.5, 0.6) is 0 Å². The Balaban J connectivity index is 0.000000570. The molecule has 1 aliphatic heterocycles. The van der Waals surface area contributed by atoms with E-state index in [1.807, 2.05) is 117 Å². The van der Waals surface area contributed by atoms with E-state index in [1.54, 1.807) is 69.7 Å². The molecular weight excluding hydrogens is 1260 g/mol. The van der Waals surface area contributed by atoms with E-state index >= 15 is 0 Å². The topological polar surface area (TPSA) is 135 Å². The van der Waals surface area contributed by atoms with Gasteiger partial charge in [0.25, 0.3) is 0 Å². The molecule has 1 heterocycles. The number of hydrazine groups is 3. The molecule has 0 saturated carbocycles. The van der Waals surface area contributed by atoms with Gasteiger partial charge in [-0.25, -0.2) is 58.2 Å². The van der Waals surface area contributed by atoms with E-state index in [0.717, 1.165) is 22.6 Å². The second-order valence-corrected chi connectivity index (χ2v) is 20.5. The first kappa shape index (κ1) is 80.1. The molecule has 7 aromatic carbocycles. The Morgan fingerprint density at radius 1 is 0.652 bits per heavy atom. The smallest absolute Gasteiger partial charge is 1.00 e. The second-order valence-electron chi connectivity index (χ2n) is 19.8. The van der Waals surface area contributed by atoms with Gasteiger partial charge < -0.3 is 41.9 Å². The molecule has 3 atom stereocenters. The Morgan fingerprint density at radius 2 is 1.06 bits per heavy atom. The standard InChI is InChI=1S/C20H21FN2O2.C19H23FN2O.C12H14ClFO.C9H8ClFO.C7H10N2.C3H5.BrH.Mg/c1-3-13-20(16-9-11-17(21)12-10-16)14-15-23(19(24)25-20)22(2)18-7-5-4-6-8-18;1-3-13-19(23,16-9-11-17(20)12-10-16)14-15-21-22(2)18-7-5-4-6-8-18;1-2-7-12(15,8-9-13)10-3-5-11(14)6-4-10;10-6-5-9(12)7-1-3-8(11)4-2-7;1-9(8)7-5-3-2-4-6-7;1-3-2;;/h3-12H,1,13-15H2,2H3;3-12,21,23H,1,13-15H2,2H3;2-6,15H,1,7-9H2;1-4H,5-6H2;2-6H,8H2,1H3;3H,1-2H2;1H;/q;;;;;-1;;+2/p-1. The van der Waals surface area contributed by atoms with Crippen LogP contribution in [0, 0.1) is 30.2 Å². The van der Waals surface area contributed by atoms with Gasteiger partial charge in [0.2, 0.25) is 0 Å². The summed E-state index contributed by atoms with van der Waals surface area (Å²) in [6.07, 6.45) is 9.22. The van der Waals surface area contributed by atoms with Crippen molar-refractivity contribution in [3.05, 3.63) is 291 Å². The molecule has 5 N–H and O–H groups in total. The van der Waals surface area contributed by atoms with E-state index in [2.05, 4.69) is 38.7 Å². The number of allylic oxidation sites excluding steroid dienone is 1. The van der Waals surface area contributed by atoms with Crippen molar-refractivity contribution in [1.82, 2.24) is 10.4 Å². The minimum absolute atomic E-state index is 0. The number of anilines is 3. The number of ether oxygens (including phenoxy) is 1. The van der Waals surface area contributed by atoms with E-state index in [1.165, 1.54) is 66.7 Å². The summed E-state index contributed by atoms with van der Waals surface area (Å²) in [5.74, 6) is 4.77. The summed E-state index contributed by atoms with van der Waals surface area (Å²) in [6, 6.07) is 52.7. The molecule has 7 aromatic rings. The molecular formula is C70H81BrCl2F4MgN6O5. The van der Waals surface area contributed by atoms with Crippen molar-refractivity contribution in [3.63, 3.8) is 0 Å². The average Bonchev–Trinajstić information content (AvgIpc) is 2.12. The van der Waals surface area contributed by atoms with Crippen LogP contribution in [-0.4, -0.2) is 96.1 Å². The van der Waals surface area contributed by atoms with Crippen LogP contribution in [0.4, 0.5) is 39.4 Å². The molecule has 0 aliphatic carbocycles. The number of benzene rings is 7. The second kappa shape index (κ2) is 42.9. The number of ketones is 1. The van der Waals surface area contributed by atoms with Gasteiger partial charge in [-0.1, -0.05) is 109 Å². The number of rotatable bonds is 22. The fraction of sp³-hybridized carbons (Fsp3) is 0.243. The first-order chi connectivity index (χ1) is 41.7. The van der Waals surface area contributed by atoms with Gasteiger partial charge in [-0.15, -0.1) is 42.9 Å². The van der Waals surface area contributed by atoms with Crippen molar-refractivity contribution in [3.8, 4) is 0 Å². The van der Waals surface area contributed by atoms with Crippen LogP contribution < -0.4 is 43.3 Å². The van der Waals surface area contributed by atoms with Crippen LogP contribution in [0.1, 0.15) is 72.0 Å². The largest absolute Gasteiger partial charge is 2.00 e. The van der Waals surface area contributed by atoms with Gasteiger partial charge in [0.05, 0.1) is 34.8 Å². The molecule has 1 amide bonds. The molecule has 0 aromatic heterocycles. The number of nitrogens with zero attached hydrogens (tertiary/aromatic N) is 4. The van der Waals surface area contributed by atoms with Crippen molar-refractivity contribution in [1.29, 1.82) is 0 Å². The van der Waals surface area contributed by atoms with E-state index in [9.17, 15) is 37.4 Å². The minimum Gasteiger partial charge on any atom is -1.00 e. The molecule has 1 fully saturated rings. The number of carbonyl (C=O) groups is 2. The summed E-state index contributed by atoms with van der Waals surface area (Å²) < 4.78 is 57.3. The van der Waals surface area contributed by atoms with Crippen LogP contribution in [0.2, 0.25) is 0 Å². The molecule has 0 bridgehead atoms. The summed E-state index contributed by atoms with van der Waals surface area (Å²) >= 11 is 11.0. The van der Waals surface area contributed by atoms with Gasteiger partial charge in [-0.3, -0.25) is 9.80 Å². The normalized spacial score (nSPS) is 13.9. The number of carbonyl (C=O) groups excluding carboxylic acids is 2. The Morgan fingerprint density at radius 3 is 1.44 bits per heavy atom. The van der Waals surface area contributed by atoms with Crippen molar-refractivity contribution in [2.24, 2.45) is 5.84 Å². The summed E-state index contributed by atoms with van der Waals surface area (Å²) in [5, 5.41) is 28.1. The number of cyclic esters (lactones) is 1. The van der Waals surface area contributed by atoms with Crippen LogP contribution in [0.25, 0.3) is 0 Å². The van der Waals surface area contributed by atoms with Crippen molar-refractivity contribution in [2.45, 2.75) is 61.7 Å². The molecule has 0 spiro atoms. The maximum atomic E-state index is 13.3. The number of nitrogens with two attached hydrogens (primary N) is 1. The van der Waals surface area contributed by atoms with Gasteiger partial charge in [0.15, 0.2) is 5.78 Å². The number of para-hydroxylation sites is 3. The zero-order chi connectivity index (χ0) is 64.3. The van der Waals surface area contributed by atoms with Gasteiger partial charge in [0, 0.05) is 64.3 Å².